The van der Waals surface area contributed by atoms with Crippen LogP contribution in [0.2, 0.25) is 0 Å². The number of piperidine rings is 1. The second kappa shape index (κ2) is 7.82. The summed E-state index contributed by atoms with van der Waals surface area (Å²) in [7, 11) is 1.27. The minimum absolute atomic E-state index is 0.0984. The van der Waals surface area contributed by atoms with Crippen molar-refractivity contribution in [3.63, 3.8) is 0 Å². The first-order valence-corrected chi connectivity index (χ1v) is 9.76. The maximum atomic E-state index is 11.8. The number of carbonyl (C=O) groups excluding carboxylic acids is 1. The number of benzene rings is 1. The monoisotopic (exact) mass is 402 g/mol. The molecule has 1 fully saturated rings. The summed E-state index contributed by atoms with van der Waals surface area (Å²) < 4.78 is 10.6. The highest BCUT2D eigenvalue weighted by Crippen LogP contribution is 2.37. The number of ether oxygens (including phenoxy) is 1. The Morgan fingerprint density at radius 3 is 2.48 bits per heavy atom. The fraction of sp³-hybridized carbons (Fsp3) is 0.500. The van der Waals surface area contributed by atoms with E-state index >= 15 is 0 Å². The molecular weight excluding hydrogens is 372 g/mol. The van der Waals surface area contributed by atoms with E-state index in [1.807, 2.05) is 39.8 Å². The van der Waals surface area contributed by atoms with Crippen LogP contribution in [0.4, 0.5) is 0 Å². The minimum atomic E-state index is -0.599. The quantitative estimate of drug-likeness (QED) is 0.652. The predicted molar refractivity (Wildman–Crippen MR) is 109 cm³/mol. The van der Waals surface area contributed by atoms with E-state index in [0.29, 0.717) is 17.9 Å². The fourth-order valence-electron chi connectivity index (χ4n) is 4.25. The van der Waals surface area contributed by atoms with Gasteiger partial charge >= 0.3 is 5.97 Å². The van der Waals surface area contributed by atoms with Crippen molar-refractivity contribution in [3.05, 3.63) is 41.7 Å². The first kappa shape index (κ1) is 21.4. The molecule has 3 N–H and O–H groups in total. The van der Waals surface area contributed by atoms with Crippen LogP contribution < -0.4 is 5.32 Å². The highest BCUT2D eigenvalue weighted by molar-refractivity contribution is 5.93. The molecule has 1 aromatic heterocycles. The molecule has 1 aliphatic heterocycles. The number of nitrogens with zero attached hydrogens (tertiary/aromatic N) is 1. The summed E-state index contributed by atoms with van der Waals surface area (Å²) >= 11 is 0. The molecule has 0 aliphatic carbocycles. The van der Waals surface area contributed by atoms with Gasteiger partial charge in [0.25, 0.3) is 0 Å². The second-order valence-electron chi connectivity index (χ2n) is 8.91. The van der Waals surface area contributed by atoms with Crippen LogP contribution in [0.1, 0.15) is 56.7 Å². The molecule has 0 spiro atoms. The Kier molecular flexibility index (Phi) is 5.76. The van der Waals surface area contributed by atoms with Crippen LogP contribution in [0.3, 0.4) is 0 Å². The van der Waals surface area contributed by atoms with E-state index in [2.05, 4.69) is 5.32 Å². The van der Waals surface area contributed by atoms with Gasteiger partial charge in [0, 0.05) is 22.7 Å². The van der Waals surface area contributed by atoms with Gasteiger partial charge in [-0.15, -0.1) is 0 Å². The molecule has 1 saturated heterocycles. The summed E-state index contributed by atoms with van der Waals surface area (Å²) in [6.45, 7) is 8.72. The number of esters is 1. The van der Waals surface area contributed by atoms with Gasteiger partial charge in [0.05, 0.1) is 13.7 Å². The minimum Gasteiger partial charge on any atom is -0.507 e. The molecule has 0 radical (unpaired) electrons. The molecule has 0 saturated carbocycles. The zero-order valence-electron chi connectivity index (χ0n) is 17.7. The molecule has 1 aliphatic rings. The lowest BCUT2D eigenvalue weighted by atomic mass is 9.79. The maximum absolute atomic E-state index is 11.8. The molecule has 7 nitrogen and oxygen atoms in total. The highest BCUT2D eigenvalue weighted by Gasteiger charge is 2.44. The SMILES string of the molecule is COC(=O)c1cc(-c2ccc(CNC3CC(C)(C)N(O)C(C)(C)C3)o2)ccc1O. The Morgan fingerprint density at radius 1 is 1.21 bits per heavy atom. The third-order valence-electron chi connectivity index (χ3n) is 5.55. The van der Waals surface area contributed by atoms with E-state index in [1.165, 1.54) is 18.2 Å². The average Bonchev–Trinajstić information content (AvgIpc) is 3.13. The van der Waals surface area contributed by atoms with Gasteiger partial charge < -0.3 is 24.8 Å². The van der Waals surface area contributed by atoms with Gasteiger partial charge in [0.15, 0.2) is 0 Å². The Bertz CT molecular complexity index is 869. The van der Waals surface area contributed by atoms with Crippen LogP contribution in [0.5, 0.6) is 5.75 Å². The van der Waals surface area contributed by atoms with Gasteiger partial charge in [0.2, 0.25) is 0 Å². The average molecular weight is 402 g/mol. The molecule has 0 amide bonds. The summed E-state index contributed by atoms with van der Waals surface area (Å²) in [6, 6.07) is 8.68. The molecule has 7 heteroatoms. The smallest absolute Gasteiger partial charge is 0.341 e. The zero-order valence-corrected chi connectivity index (χ0v) is 17.7. The van der Waals surface area contributed by atoms with E-state index in [9.17, 15) is 15.1 Å². The summed E-state index contributed by atoms with van der Waals surface area (Å²) in [4.78, 5) is 11.8. The van der Waals surface area contributed by atoms with Gasteiger partial charge in [-0.25, -0.2) is 4.79 Å². The van der Waals surface area contributed by atoms with Crippen molar-refractivity contribution in [2.75, 3.05) is 7.11 Å². The fourth-order valence-corrected chi connectivity index (χ4v) is 4.25. The van der Waals surface area contributed by atoms with E-state index in [4.69, 9.17) is 9.15 Å². The molecular formula is C22H30N2O5. The standard InChI is InChI=1S/C22H30N2O5/c1-21(2)11-15(12-22(3,4)24(21)27)23-13-16-7-9-19(29-16)14-6-8-18(25)17(10-14)20(26)28-5/h6-10,15,23,25,27H,11-13H2,1-5H3. The second-order valence-corrected chi connectivity index (χ2v) is 8.91. The van der Waals surface area contributed by atoms with Gasteiger partial charge in [-0.2, -0.15) is 5.06 Å². The van der Waals surface area contributed by atoms with E-state index in [0.717, 1.165) is 18.6 Å². The molecule has 1 aromatic carbocycles. The van der Waals surface area contributed by atoms with Crippen LogP contribution in [0.15, 0.2) is 34.7 Å². The van der Waals surface area contributed by atoms with Gasteiger partial charge in [-0.1, -0.05) is 0 Å². The normalized spacial score (nSPS) is 19.2. The lowest BCUT2D eigenvalue weighted by molar-refractivity contribution is -0.246. The van der Waals surface area contributed by atoms with E-state index in [-0.39, 0.29) is 28.4 Å². The predicted octanol–water partition coefficient (Wildman–Crippen LogP) is 3.94. The van der Waals surface area contributed by atoms with Crippen molar-refractivity contribution < 1.29 is 24.3 Å². The maximum Gasteiger partial charge on any atom is 0.341 e. The van der Waals surface area contributed by atoms with Gasteiger partial charge in [-0.05, 0) is 70.9 Å². The van der Waals surface area contributed by atoms with Crippen molar-refractivity contribution in [2.45, 2.75) is 64.2 Å². The topological polar surface area (TPSA) is 95.2 Å². The Labute approximate surface area is 171 Å². The summed E-state index contributed by atoms with van der Waals surface area (Å²) in [5, 5.41) is 25.3. The molecule has 2 aromatic rings. The molecule has 158 valence electrons. The van der Waals surface area contributed by atoms with Gasteiger partial charge in [0.1, 0.15) is 22.8 Å². The number of rotatable bonds is 5. The number of methoxy groups -OCH3 is 1. The van der Waals surface area contributed by atoms with Crippen molar-refractivity contribution in [3.8, 4) is 17.1 Å². The first-order valence-electron chi connectivity index (χ1n) is 9.76. The van der Waals surface area contributed by atoms with E-state index in [1.54, 1.807) is 12.1 Å². The molecule has 0 bridgehead atoms. The van der Waals surface area contributed by atoms with Crippen molar-refractivity contribution in [1.82, 2.24) is 10.4 Å². The van der Waals surface area contributed by atoms with Crippen LogP contribution in [-0.4, -0.2) is 45.6 Å². The third kappa shape index (κ3) is 4.47. The Morgan fingerprint density at radius 2 is 1.86 bits per heavy atom. The lowest BCUT2D eigenvalue weighted by Gasteiger charge is -2.51. The molecule has 3 rings (SSSR count). The molecule has 29 heavy (non-hydrogen) atoms. The number of phenols is 1. The molecule has 0 unspecified atom stereocenters. The zero-order chi connectivity index (χ0) is 21.4. The summed E-state index contributed by atoms with van der Waals surface area (Å²) in [5.41, 5.74) is 0.153. The van der Waals surface area contributed by atoms with Gasteiger partial charge in [-0.3, -0.25) is 0 Å². The van der Waals surface area contributed by atoms with Crippen LogP contribution in [0.25, 0.3) is 11.3 Å². The van der Waals surface area contributed by atoms with Crippen LogP contribution >= 0.6 is 0 Å². The number of carbonyl (C=O) groups is 1. The number of nitrogens with one attached hydrogen (secondary N) is 1. The Balaban J connectivity index is 1.69. The largest absolute Gasteiger partial charge is 0.507 e. The number of furan rings is 1. The van der Waals surface area contributed by atoms with E-state index < -0.39 is 5.97 Å². The number of hydrogen-bond acceptors (Lipinski definition) is 7. The summed E-state index contributed by atoms with van der Waals surface area (Å²) in [5.74, 6) is 0.653. The highest BCUT2D eigenvalue weighted by atomic mass is 16.5. The first-order chi connectivity index (χ1) is 13.5. The van der Waals surface area contributed by atoms with Crippen LogP contribution in [-0.2, 0) is 11.3 Å². The Hall–Kier alpha value is -2.35. The summed E-state index contributed by atoms with van der Waals surface area (Å²) in [6.07, 6.45) is 1.64. The number of hydroxylamine groups is 2. The lowest BCUT2D eigenvalue weighted by Crippen LogP contribution is -2.62. The third-order valence-corrected chi connectivity index (χ3v) is 5.55. The van der Waals surface area contributed by atoms with Crippen molar-refractivity contribution in [2.24, 2.45) is 0 Å². The molecule has 0 atom stereocenters. The number of phenolic OH excluding ortho intramolecular Hbond substituents is 1. The molecule has 2 heterocycles. The van der Waals surface area contributed by atoms with Crippen molar-refractivity contribution in [1.29, 1.82) is 0 Å². The van der Waals surface area contributed by atoms with Crippen molar-refractivity contribution >= 4 is 5.97 Å². The number of hydrogen-bond donors (Lipinski definition) is 3. The van der Waals surface area contributed by atoms with Crippen LogP contribution in [0, 0.1) is 0 Å². The number of aromatic hydroxyl groups is 1.